The number of amides is 1. The normalized spacial score (nSPS) is 35.0. The minimum Gasteiger partial charge on any atom is -0.394 e. The van der Waals surface area contributed by atoms with Crippen LogP contribution in [0.3, 0.4) is 0 Å². The van der Waals surface area contributed by atoms with Gasteiger partial charge in [0.15, 0.2) is 12.6 Å². The van der Waals surface area contributed by atoms with Crippen LogP contribution in [0.2, 0.25) is 0 Å². The number of hydrogen-bond acceptors (Lipinski definition) is 13. The molecule has 7 unspecified atom stereocenters. The fourth-order valence-electron chi connectivity index (χ4n) is 3.73. The van der Waals surface area contributed by atoms with Crippen molar-refractivity contribution in [3.63, 3.8) is 0 Å². The van der Waals surface area contributed by atoms with E-state index in [0.29, 0.717) is 19.8 Å². The van der Waals surface area contributed by atoms with Gasteiger partial charge in [-0.15, -0.1) is 0 Å². The lowest BCUT2D eigenvalue weighted by molar-refractivity contribution is -0.342. The Bertz CT molecular complexity index is 612. The van der Waals surface area contributed by atoms with Crippen molar-refractivity contribution >= 4 is 5.91 Å². The SMILES string of the molecule is CCCOCCOCCC(=O)NCCOC1OC(CO)CC(O[C@H]2OC(CO)[C@@H](O)C(O)C2O)C1O. The number of aliphatic hydroxyl groups is 6. The van der Waals surface area contributed by atoms with Crippen LogP contribution in [0.15, 0.2) is 0 Å². The van der Waals surface area contributed by atoms with Crippen LogP contribution in [-0.4, -0.2) is 145 Å². The summed E-state index contributed by atoms with van der Waals surface area (Å²) >= 11 is 0. The minimum absolute atomic E-state index is 0.00982. The van der Waals surface area contributed by atoms with Gasteiger partial charge in [0.2, 0.25) is 5.91 Å². The summed E-state index contributed by atoms with van der Waals surface area (Å²) in [5, 5.41) is 62.2. The fraction of sp³-hybridized carbons (Fsp3) is 0.955. The van der Waals surface area contributed by atoms with Crippen LogP contribution in [0, 0.1) is 0 Å². The molecule has 14 heteroatoms. The third-order valence-electron chi connectivity index (χ3n) is 5.74. The summed E-state index contributed by atoms with van der Waals surface area (Å²) in [6.07, 6.45) is -10.7. The third kappa shape index (κ3) is 9.70. The van der Waals surface area contributed by atoms with Gasteiger partial charge in [0.05, 0.1) is 51.8 Å². The Morgan fingerprint density at radius 3 is 2.25 bits per heavy atom. The molecule has 2 saturated heterocycles. The van der Waals surface area contributed by atoms with Crippen molar-refractivity contribution in [2.75, 3.05) is 52.8 Å². The summed E-state index contributed by atoms with van der Waals surface area (Å²) in [6.45, 7) is 2.91. The predicted molar refractivity (Wildman–Crippen MR) is 121 cm³/mol. The van der Waals surface area contributed by atoms with Crippen LogP contribution >= 0.6 is 0 Å². The summed E-state index contributed by atoms with van der Waals surface area (Å²) in [4.78, 5) is 11.9. The maximum atomic E-state index is 11.9. The van der Waals surface area contributed by atoms with E-state index in [1.54, 1.807) is 0 Å². The van der Waals surface area contributed by atoms with E-state index in [1.807, 2.05) is 6.92 Å². The van der Waals surface area contributed by atoms with E-state index in [9.17, 15) is 35.4 Å². The summed E-state index contributed by atoms with van der Waals surface area (Å²) in [7, 11) is 0. The van der Waals surface area contributed by atoms with Crippen molar-refractivity contribution < 1.29 is 63.9 Å². The molecule has 36 heavy (non-hydrogen) atoms. The molecule has 0 saturated carbocycles. The van der Waals surface area contributed by atoms with Crippen LogP contribution in [0.4, 0.5) is 0 Å². The van der Waals surface area contributed by atoms with Gasteiger partial charge in [-0.1, -0.05) is 6.92 Å². The molecule has 0 spiro atoms. The molecular weight excluding hydrogens is 486 g/mol. The van der Waals surface area contributed by atoms with Gasteiger partial charge < -0.3 is 64.4 Å². The van der Waals surface area contributed by atoms with Gasteiger partial charge >= 0.3 is 0 Å². The lowest BCUT2D eigenvalue weighted by Gasteiger charge is -2.44. The first-order valence-corrected chi connectivity index (χ1v) is 12.3. The van der Waals surface area contributed by atoms with E-state index in [1.165, 1.54) is 0 Å². The van der Waals surface area contributed by atoms with Gasteiger partial charge in [0.1, 0.15) is 30.5 Å². The largest absolute Gasteiger partial charge is 0.394 e. The Labute approximate surface area is 210 Å². The van der Waals surface area contributed by atoms with E-state index in [0.717, 1.165) is 6.42 Å². The molecular formula is C22H41NO13. The first-order valence-electron chi connectivity index (χ1n) is 12.3. The Morgan fingerprint density at radius 2 is 1.58 bits per heavy atom. The summed E-state index contributed by atoms with van der Waals surface area (Å²) in [5.74, 6) is -0.241. The summed E-state index contributed by atoms with van der Waals surface area (Å²) in [5.41, 5.74) is 0. The van der Waals surface area contributed by atoms with E-state index in [4.69, 9.17) is 28.4 Å². The molecule has 0 aliphatic carbocycles. The molecule has 0 aromatic rings. The van der Waals surface area contributed by atoms with E-state index < -0.39 is 68.5 Å². The molecule has 2 aliphatic rings. The second-order valence-electron chi connectivity index (χ2n) is 8.60. The van der Waals surface area contributed by atoms with Crippen LogP contribution in [0.5, 0.6) is 0 Å². The molecule has 7 N–H and O–H groups in total. The second kappa shape index (κ2) is 16.8. The number of nitrogens with one attached hydrogen (secondary N) is 1. The molecule has 0 aromatic heterocycles. The number of ether oxygens (including phenoxy) is 6. The van der Waals surface area contributed by atoms with Gasteiger partial charge in [-0.3, -0.25) is 4.79 Å². The first-order chi connectivity index (χ1) is 17.3. The number of rotatable bonds is 16. The van der Waals surface area contributed by atoms with Crippen LogP contribution < -0.4 is 5.32 Å². The molecule has 2 aliphatic heterocycles. The highest BCUT2D eigenvalue weighted by Crippen LogP contribution is 2.29. The number of carbonyl (C=O) groups is 1. The molecule has 14 nitrogen and oxygen atoms in total. The highest BCUT2D eigenvalue weighted by molar-refractivity contribution is 5.75. The number of aliphatic hydroxyl groups excluding tert-OH is 6. The molecule has 2 fully saturated rings. The molecule has 212 valence electrons. The molecule has 2 rings (SSSR count). The zero-order valence-electron chi connectivity index (χ0n) is 20.5. The van der Waals surface area contributed by atoms with Crippen molar-refractivity contribution in [3.05, 3.63) is 0 Å². The lowest BCUT2D eigenvalue weighted by Crippen LogP contribution is -2.61. The van der Waals surface area contributed by atoms with Gasteiger partial charge in [-0.2, -0.15) is 0 Å². The highest BCUT2D eigenvalue weighted by atomic mass is 16.7. The zero-order chi connectivity index (χ0) is 26.5. The van der Waals surface area contributed by atoms with Crippen molar-refractivity contribution in [1.82, 2.24) is 5.32 Å². The monoisotopic (exact) mass is 527 g/mol. The van der Waals surface area contributed by atoms with Crippen LogP contribution in [-0.2, 0) is 33.2 Å². The van der Waals surface area contributed by atoms with Crippen LogP contribution in [0.1, 0.15) is 26.2 Å². The van der Waals surface area contributed by atoms with Gasteiger partial charge in [0, 0.05) is 26.0 Å². The van der Waals surface area contributed by atoms with E-state index in [2.05, 4.69) is 5.32 Å². The Balaban J connectivity index is 1.74. The molecule has 9 atom stereocenters. The third-order valence-corrected chi connectivity index (χ3v) is 5.74. The molecule has 0 radical (unpaired) electrons. The summed E-state index contributed by atoms with van der Waals surface area (Å²) < 4.78 is 32.6. The summed E-state index contributed by atoms with van der Waals surface area (Å²) in [6, 6.07) is 0. The van der Waals surface area contributed by atoms with Crippen molar-refractivity contribution in [1.29, 1.82) is 0 Å². The Hall–Kier alpha value is -1.01. The lowest BCUT2D eigenvalue weighted by atomic mass is 9.98. The second-order valence-corrected chi connectivity index (χ2v) is 8.60. The standard InChI is InChI=1S/C22H41NO13/c1-2-5-31-8-9-32-6-3-16(26)23-4-7-33-21-18(28)14(10-13(11-24)34-21)35-22-20(30)19(29)17(27)15(12-25)36-22/h13-15,17-22,24-25,27-30H,2-12H2,1H3,(H,23,26)/t13?,14?,15?,17-,18?,19?,20?,21?,22+/m1/s1. The topological polar surface area (TPSA) is 206 Å². The quantitative estimate of drug-likeness (QED) is 0.0979. The molecule has 2 heterocycles. The average molecular weight is 528 g/mol. The van der Waals surface area contributed by atoms with Crippen molar-refractivity contribution in [2.45, 2.75) is 81.5 Å². The Kier molecular flexibility index (Phi) is 14.5. The first kappa shape index (κ1) is 31.2. The molecule has 0 aromatic carbocycles. The molecule has 1 amide bonds. The number of hydrogen-bond donors (Lipinski definition) is 7. The van der Waals surface area contributed by atoms with E-state index in [-0.39, 0.29) is 38.5 Å². The van der Waals surface area contributed by atoms with Gasteiger partial charge in [0.25, 0.3) is 0 Å². The smallest absolute Gasteiger partial charge is 0.222 e. The minimum atomic E-state index is -1.65. The predicted octanol–water partition coefficient (Wildman–Crippen LogP) is -3.39. The average Bonchev–Trinajstić information content (AvgIpc) is 2.88. The van der Waals surface area contributed by atoms with Gasteiger partial charge in [-0.05, 0) is 6.42 Å². The van der Waals surface area contributed by atoms with Crippen molar-refractivity contribution in [2.24, 2.45) is 0 Å². The maximum absolute atomic E-state index is 11.9. The van der Waals surface area contributed by atoms with Gasteiger partial charge in [-0.25, -0.2) is 0 Å². The zero-order valence-corrected chi connectivity index (χ0v) is 20.5. The molecule has 0 bridgehead atoms. The maximum Gasteiger partial charge on any atom is 0.222 e. The fourth-order valence-corrected chi connectivity index (χ4v) is 3.73. The Morgan fingerprint density at radius 1 is 0.861 bits per heavy atom. The van der Waals surface area contributed by atoms with Crippen molar-refractivity contribution in [3.8, 4) is 0 Å². The van der Waals surface area contributed by atoms with Crippen LogP contribution in [0.25, 0.3) is 0 Å². The highest BCUT2D eigenvalue weighted by Gasteiger charge is 2.47. The number of carbonyl (C=O) groups excluding carboxylic acids is 1. The van der Waals surface area contributed by atoms with E-state index >= 15 is 0 Å².